The molecule has 3 rings (SSSR count). The van der Waals surface area contributed by atoms with Crippen LogP contribution in [-0.2, 0) is 16.6 Å². The maximum atomic E-state index is 12.7. The summed E-state index contributed by atoms with van der Waals surface area (Å²) in [4.78, 5) is 12.8. The monoisotopic (exact) mass is 404 g/mol. The predicted molar refractivity (Wildman–Crippen MR) is 105 cm³/mol. The lowest BCUT2D eigenvalue weighted by Crippen LogP contribution is -2.27. The van der Waals surface area contributed by atoms with Crippen LogP contribution in [0.4, 0.5) is 0 Å². The van der Waals surface area contributed by atoms with Crippen molar-refractivity contribution >= 4 is 15.9 Å². The van der Waals surface area contributed by atoms with Gasteiger partial charge in [0.15, 0.2) is 0 Å². The highest BCUT2D eigenvalue weighted by Crippen LogP contribution is 2.25. The Hall–Kier alpha value is -2.58. The molecule has 0 radical (unpaired) electrons. The van der Waals surface area contributed by atoms with Gasteiger partial charge in [-0.15, -0.1) is 0 Å². The van der Waals surface area contributed by atoms with Crippen LogP contribution in [0.25, 0.3) is 0 Å². The average molecular weight is 404 g/mol. The number of benzene rings is 2. The third kappa shape index (κ3) is 4.63. The van der Waals surface area contributed by atoms with Crippen LogP contribution in [0.3, 0.4) is 0 Å². The molecule has 1 saturated carbocycles. The van der Waals surface area contributed by atoms with Crippen molar-refractivity contribution in [3.63, 3.8) is 0 Å². The summed E-state index contributed by atoms with van der Waals surface area (Å²) in [5.41, 5.74) is 1.77. The lowest BCUT2D eigenvalue weighted by molar-refractivity contribution is 0.0950. The number of hydrogen-bond acceptors (Lipinski definition) is 5. The number of amides is 1. The molecule has 8 heteroatoms. The van der Waals surface area contributed by atoms with E-state index in [0.29, 0.717) is 22.6 Å². The van der Waals surface area contributed by atoms with E-state index in [9.17, 15) is 13.2 Å². The van der Waals surface area contributed by atoms with Gasteiger partial charge in [0.25, 0.3) is 5.91 Å². The Balaban J connectivity index is 1.78. The highest BCUT2D eigenvalue weighted by Gasteiger charge is 2.28. The van der Waals surface area contributed by atoms with Gasteiger partial charge >= 0.3 is 0 Å². The first kappa shape index (κ1) is 20.2. The normalized spacial score (nSPS) is 13.8. The van der Waals surface area contributed by atoms with Gasteiger partial charge in [-0.1, -0.05) is 6.07 Å². The Kier molecular flexibility index (Phi) is 5.90. The predicted octanol–water partition coefficient (Wildman–Crippen LogP) is 2.38. The second-order valence-electron chi connectivity index (χ2n) is 6.73. The molecule has 2 N–H and O–H groups in total. The van der Waals surface area contributed by atoms with E-state index < -0.39 is 10.0 Å². The molecule has 0 aromatic heterocycles. The number of methoxy groups -OCH3 is 2. The van der Waals surface area contributed by atoms with E-state index >= 15 is 0 Å². The Labute approximate surface area is 165 Å². The Bertz CT molecular complexity index is 984. The van der Waals surface area contributed by atoms with E-state index in [1.807, 2.05) is 0 Å². The van der Waals surface area contributed by atoms with E-state index in [2.05, 4.69) is 10.0 Å². The minimum absolute atomic E-state index is 0.00380. The molecule has 0 aliphatic heterocycles. The summed E-state index contributed by atoms with van der Waals surface area (Å²) in [6.45, 7) is 1.99. The van der Waals surface area contributed by atoms with Crippen LogP contribution in [0.2, 0.25) is 0 Å². The minimum atomic E-state index is -3.62. The quantitative estimate of drug-likeness (QED) is 0.705. The zero-order valence-electron chi connectivity index (χ0n) is 16.1. The maximum absolute atomic E-state index is 12.7. The molecule has 1 amide bonds. The number of rotatable bonds is 8. The number of carbonyl (C=O) groups excluding carboxylic acids is 1. The number of aryl methyl sites for hydroxylation is 1. The second-order valence-corrected chi connectivity index (χ2v) is 8.45. The maximum Gasteiger partial charge on any atom is 0.251 e. The largest absolute Gasteiger partial charge is 0.497 e. The van der Waals surface area contributed by atoms with Gasteiger partial charge in [-0.05, 0) is 55.7 Å². The average Bonchev–Trinajstić information content (AvgIpc) is 3.49. The standard InChI is InChI=1S/C20H24N2O5S/c1-13-4-8-17(28(24,25)22-15-5-6-15)11-18(13)20(23)21-12-14-10-16(26-2)7-9-19(14)27-3/h4,7-11,15,22H,5-6,12H2,1-3H3,(H,21,23). The lowest BCUT2D eigenvalue weighted by atomic mass is 10.1. The number of hydrogen-bond donors (Lipinski definition) is 2. The fourth-order valence-corrected chi connectivity index (χ4v) is 4.12. The molecular formula is C20H24N2O5S. The minimum Gasteiger partial charge on any atom is -0.497 e. The first-order chi connectivity index (χ1) is 13.3. The highest BCUT2D eigenvalue weighted by atomic mass is 32.2. The van der Waals surface area contributed by atoms with Gasteiger partial charge in [-0.3, -0.25) is 4.79 Å². The fraction of sp³-hybridized carbons (Fsp3) is 0.350. The van der Waals surface area contributed by atoms with Crippen LogP contribution in [0, 0.1) is 6.92 Å². The summed E-state index contributed by atoms with van der Waals surface area (Å²) < 4.78 is 38.0. The summed E-state index contributed by atoms with van der Waals surface area (Å²) in [5.74, 6) is 0.925. The van der Waals surface area contributed by atoms with Crippen LogP contribution in [0.1, 0.15) is 34.3 Å². The molecule has 0 unspecified atom stereocenters. The van der Waals surface area contributed by atoms with Crippen molar-refractivity contribution in [2.45, 2.75) is 37.2 Å². The van der Waals surface area contributed by atoms with Crippen LogP contribution in [0.5, 0.6) is 11.5 Å². The Morgan fingerprint density at radius 2 is 1.86 bits per heavy atom. The van der Waals surface area contributed by atoms with Gasteiger partial charge in [0.2, 0.25) is 10.0 Å². The van der Waals surface area contributed by atoms with Crippen LogP contribution in [-0.4, -0.2) is 34.6 Å². The smallest absolute Gasteiger partial charge is 0.251 e. The van der Waals surface area contributed by atoms with Crippen molar-refractivity contribution < 1.29 is 22.7 Å². The summed E-state index contributed by atoms with van der Waals surface area (Å²) in [5, 5.41) is 2.82. The van der Waals surface area contributed by atoms with E-state index in [1.165, 1.54) is 12.1 Å². The van der Waals surface area contributed by atoms with Gasteiger partial charge in [0.05, 0.1) is 19.1 Å². The topological polar surface area (TPSA) is 93.7 Å². The molecule has 2 aromatic rings. The zero-order valence-corrected chi connectivity index (χ0v) is 16.9. The van der Waals surface area contributed by atoms with Crippen LogP contribution >= 0.6 is 0 Å². The molecule has 1 aliphatic rings. The molecule has 0 spiro atoms. The van der Waals surface area contributed by atoms with Crippen molar-refractivity contribution in [1.29, 1.82) is 0 Å². The van der Waals surface area contributed by atoms with E-state index in [-0.39, 0.29) is 23.4 Å². The van der Waals surface area contributed by atoms with Crippen LogP contribution in [0.15, 0.2) is 41.3 Å². The molecule has 1 aliphatic carbocycles. The first-order valence-electron chi connectivity index (χ1n) is 8.96. The molecule has 150 valence electrons. The number of nitrogens with one attached hydrogen (secondary N) is 2. The molecule has 2 aromatic carbocycles. The van der Waals surface area contributed by atoms with Crippen LogP contribution < -0.4 is 19.5 Å². The fourth-order valence-electron chi connectivity index (χ4n) is 2.79. The van der Waals surface area contributed by atoms with Gasteiger partial charge in [0, 0.05) is 23.7 Å². The third-order valence-corrected chi connectivity index (χ3v) is 6.11. The summed E-state index contributed by atoms with van der Waals surface area (Å²) >= 11 is 0. The van der Waals surface area contributed by atoms with E-state index in [1.54, 1.807) is 45.4 Å². The third-order valence-electron chi connectivity index (χ3n) is 4.59. The van der Waals surface area contributed by atoms with Gasteiger partial charge in [-0.2, -0.15) is 0 Å². The zero-order chi connectivity index (χ0) is 20.3. The van der Waals surface area contributed by atoms with Crippen molar-refractivity contribution in [3.05, 3.63) is 53.1 Å². The summed E-state index contributed by atoms with van der Waals surface area (Å²) in [6, 6.07) is 9.90. The lowest BCUT2D eigenvalue weighted by Gasteiger charge is -2.13. The summed E-state index contributed by atoms with van der Waals surface area (Å²) in [7, 11) is -0.504. The van der Waals surface area contributed by atoms with E-state index in [0.717, 1.165) is 18.4 Å². The summed E-state index contributed by atoms with van der Waals surface area (Å²) in [6.07, 6.45) is 1.70. The highest BCUT2D eigenvalue weighted by molar-refractivity contribution is 7.89. The number of carbonyl (C=O) groups is 1. The van der Waals surface area contributed by atoms with Gasteiger partial charge in [-0.25, -0.2) is 13.1 Å². The molecule has 28 heavy (non-hydrogen) atoms. The molecule has 0 atom stereocenters. The van der Waals surface area contributed by atoms with Crippen molar-refractivity contribution in [2.75, 3.05) is 14.2 Å². The number of ether oxygens (including phenoxy) is 2. The SMILES string of the molecule is COc1ccc(OC)c(CNC(=O)c2cc(S(=O)(=O)NC3CC3)ccc2C)c1. The molecule has 0 bridgehead atoms. The van der Waals surface area contributed by atoms with Crippen molar-refractivity contribution in [2.24, 2.45) is 0 Å². The molecule has 1 fully saturated rings. The second kappa shape index (κ2) is 8.20. The van der Waals surface area contributed by atoms with Crippen molar-refractivity contribution in [1.82, 2.24) is 10.0 Å². The van der Waals surface area contributed by atoms with Crippen molar-refractivity contribution in [3.8, 4) is 11.5 Å². The van der Waals surface area contributed by atoms with Gasteiger partial charge in [0.1, 0.15) is 11.5 Å². The molecule has 7 nitrogen and oxygen atoms in total. The molecule has 0 saturated heterocycles. The molecular weight excluding hydrogens is 380 g/mol. The van der Waals surface area contributed by atoms with E-state index in [4.69, 9.17) is 9.47 Å². The first-order valence-corrected chi connectivity index (χ1v) is 10.4. The Morgan fingerprint density at radius 1 is 1.11 bits per heavy atom. The van der Waals surface area contributed by atoms with Gasteiger partial charge < -0.3 is 14.8 Å². The number of sulfonamides is 1. The molecule has 0 heterocycles. The Morgan fingerprint density at radius 3 is 2.50 bits per heavy atom.